The number of carbonyl (C=O) groups excluding carboxylic acids is 1. The van der Waals surface area contributed by atoms with Gasteiger partial charge in [0.15, 0.2) is 0 Å². The first kappa shape index (κ1) is 23.0. The molecular formula is C21H27ClN2O4S. The topological polar surface area (TPSA) is 75.7 Å². The van der Waals surface area contributed by atoms with E-state index in [4.69, 9.17) is 16.3 Å². The number of methoxy groups -OCH3 is 1. The van der Waals surface area contributed by atoms with Crippen molar-refractivity contribution in [2.75, 3.05) is 24.2 Å². The summed E-state index contributed by atoms with van der Waals surface area (Å²) in [7, 11) is -2.05. The molecule has 0 aliphatic rings. The highest BCUT2D eigenvalue weighted by Crippen LogP contribution is 2.27. The average molecular weight is 439 g/mol. The van der Waals surface area contributed by atoms with Gasteiger partial charge in [-0.05, 0) is 61.2 Å². The highest BCUT2D eigenvalue weighted by atomic mass is 35.5. The zero-order valence-electron chi connectivity index (χ0n) is 17.3. The molecule has 0 aromatic heterocycles. The van der Waals surface area contributed by atoms with Crippen LogP contribution in [-0.2, 0) is 14.8 Å². The Morgan fingerprint density at radius 1 is 1.17 bits per heavy atom. The van der Waals surface area contributed by atoms with E-state index in [1.54, 1.807) is 32.2 Å². The standard InChI is InChI=1S/C21H27ClN2O4S/c1-6-18(16-7-10-20(28-4)15(3)11-16)23-21(25)13-24(29(5,26)27)19-9-8-17(22)12-14(19)2/h7-12,18H,6,13H2,1-5H3,(H,23,25)/t18-/m0/s1. The number of nitrogens with one attached hydrogen (secondary N) is 1. The fraction of sp³-hybridized carbons (Fsp3) is 0.381. The molecule has 0 saturated heterocycles. The number of hydrogen-bond acceptors (Lipinski definition) is 4. The highest BCUT2D eigenvalue weighted by molar-refractivity contribution is 7.92. The molecule has 1 N–H and O–H groups in total. The first-order chi connectivity index (χ1) is 13.6. The van der Waals surface area contributed by atoms with Crippen molar-refractivity contribution in [3.63, 3.8) is 0 Å². The maximum Gasteiger partial charge on any atom is 0.241 e. The normalized spacial score (nSPS) is 12.3. The van der Waals surface area contributed by atoms with Crippen LogP contribution in [0.25, 0.3) is 0 Å². The van der Waals surface area contributed by atoms with Gasteiger partial charge in [-0.15, -0.1) is 0 Å². The van der Waals surface area contributed by atoms with Gasteiger partial charge in [0.25, 0.3) is 0 Å². The third kappa shape index (κ3) is 5.87. The van der Waals surface area contributed by atoms with Gasteiger partial charge in [0.05, 0.1) is 25.1 Å². The number of halogens is 1. The predicted octanol–water partition coefficient (Wildman–Crippen LogP) is 4.00. The molecule has 0 heterocycles. The molecule has 0 bridgehead atoms. The number of carbonyl (C=O) groups is 1. The summed E-state index contributed by atoms with van der Waals surface area (Å²) in [5.41, 5.74) is 3.01. The number of sulfonamides is 1. The minimum atomic E-state index is -3.66. The molecule has 2 aromatic carbocycles. The van der Waals surface area contributed by atoms with Crippen LogP contribution in [0.15, 0.2) is 36.4 Å². The van der Waals surface area contributed by atoms with Crippen LogP contribution in [0.4, 0.5) is 5.69 Å². The van der Waals surface area contributed by atoms with Crippen molar-refractivity contribution in [1.82, 2.24) is 5.32 Å². The van der Waals surface area contributed by atoms with Crippen LogP contribution in [0.5, 0.6) is 5.75 Å². The Balaban J connectivity index is 2.24. The number of hydrogen-bond donors (Lipinski definition) is 1. The maximum absolute atomic E-state index is 12.7. The van der Waals surface area contributed by atoms with E-state index in [1.165, 1.54) is 0 Å². The van der Waals surface area contributed by atoms with Crippen LogP contribution in [0.3, 0.4) is 0 Å². The molecule has 0 radical (unpaired) electrons. The van der Waals surface area contributed by atoms with Crippen molar-refractivity contribution in [2.24, 2.45) is 0 Å². The van der Waals surface area contributed by atoms with Crippen molar-refractivity contribution < 1.29 is 17.9 Å². The molecule has 2 rings (SSSR count). The van der Waals surface area contributed by atoms with Crippen LogP contribution < -0.4 is 14.4 Å². The second-order valence-electron chi connectivity index (χ2n) is 6.96. The van der Waals surface area contributed by atoms with E-state index in [0.717, 1.165) is 27.4 Å². The van der Waals surface area contributed by atoms with E-state index in [1.807, 2.05) is 32.0 Å². The van der Waals surface area contributed by atoms with Crippen molar-refractivity contribution in [1.29, 1.82) is 0 Å². The van der Waals surface area contributed by atoms with E-state index in [-0.39, 0.29) is 18.5 Å². The Morgan fingerprint density at radius 3 is 2.38 bits per heavy atom. The lowest BCUT2D eigenvalue weighted by atomic mass is 10.0. The number of amides is 1. The molecule has 0 aliphatic heterocycles. The summed E-state index contributed by atoms with van der Waals surface area (Å²) in [6, 6.07) is 10.4. The SMILES string of the molecule is CC[C@H](NC(=O)CN(c1ccc(Cl)cc1C)S(C)(=O)=O)c1ccc(OC)c(C)c1. The summed E-state index contributed by atoms with van der Waals surface area (Å²) in [5, 5.41) is 3.44. The Kier molecular flexibility index (Phi) is 7.54. The van der Waals surface area contributed by atoms with Gasteiger partial charge < -0.3 is 10.1 Å². The van der Waals surface area contributed by atoms with Crippen molar-refractivity contribution in [3.8, 4) is 5.75 Å². The Morgan fingerprint density at radius 2 is 1.86 bits per heavy atom. The molecule has 0 spiro atoms. The molecule has 1 atom stereocenters. The molecule has 0 fully saturated rings. The van der Waals surface area contributed by atoms with Gasteiger partial charge in [0.1, 0.15) is 12.3 Å². The lowest BCUT2D eigenvalue weighted by molar-refractivity contribution is -0.120. The quantitative estimate of drug-likeness (QED) is 0.675. The molecule has 1 amide bonds. The molecule has 0 saturated carbocycles. The summed E-state index contributed by atoms with van der Waals surface area (Å²) in [6.45, 7) is 5.34. The zero-order chi connectivity index (χ0) is 21.8. The monoisotopic (exact) mass is 438 g/mol. The van der Waals surface area contributed by atoms with Crippen molar-refractivity contribution >= 4 is 33.2 Å². The highest BCUT2D eigenvalue weighted by Gasteiger charge is 2.24. The number of anilines is 1. The fourth-order valence-corrected chi connectivity index (χ4v) is 4.33. The Hall–Kier alpha value is -2.25. The molecule has 158 valence electrons. The van der Waals surface area contributed by atoms with Crippen LogP contribution in [0.2, 0.25) is 5.02 Å². The van der Waals surface area contributed by atoms with Gasteiger partial charge in [-0.2, -0.15) is 0 Å². The third-order valence-corrected chi connectivity index (χ3v) is 6.04. The maximum atomic E-state index is 12.7. The van der Waals surface area contributed by atoms with Crippen LogP contribution in [0.1, 0.15) is 36.1 Å². The number of benzene rings is 2. The third-order valence-electron chi connectivity index (χ3n) is 4.68. The van der Waals surface area contributed by atoms with Gasteiger partial charge in [-0.3, -0.25) is 9.10 Å². The number of ether oxygens (including phenoxy) is 1. The lowest BCUT2D eigenvalue weighted by Gasteiger charge is -2.25. The first-order valence-electron chi connectivity index (χ1n) is 9.24. The predicted molar refractivity (Wildman–Crippen MR) is 117 cm³/mol. The lowest BCUT2D eigenvalue weighted by Crippen LogP contribution is -2.41. The molecule has 29 heavy (non-hydrogen) atoms. The summed E-state index contributed by atoms with van der Waals surface area (Å²) in [5.74, 6) is 0.390. The number of nitrogens with zero attached hydrogens (tertiary/aromatic N) is 1. The van der Waals surface area contributed by atoms with Gasteiger partial charge in [-0.25, -0.2) is 8.42 Å². The minimum Gasteiger partial charge on any atom is -0.496 e. The minimum absolute atomic E-state index is 0.236. The van der Waals surface area contributed by atoms with Crippen molar-refractivity contribution in [3.05, 3.63) is 58.1 Å². The second kappa shape index (κ2) is 9.50. The zero-order valence-corrected chi connectivity index (χ0v) is 18.9. The average Bonchev–Trinajstić information content (AvgIpc) is 2.64. The Labute approximate surface area is 177 Å². The number of aryl methyl sites for hydroxylation is 2. The van der Waals surface area contributed by atoms with Crippen LogP contribution >= 0.6 is 11.6 Å². The fourth-order valence-electron chi connectivity index (χ4n) is 3.19. The van der Waals surface area contributed by atoms with E-state index in [2.05, 4.69) is 5.32 Å². The summed E-state index contributed by atoms with van der Waals surface area (Å²) in [6.07, 6.45) is 1.74. The van der Waals surface area contributed by atoms with E-state index in [9.17, 15) is 13.2 Å². The smallest absolute Gasteiger partial charge is 0.241 e. The van der Waals surface area contributed by atoms with Gasteiger partial charge in [0.2, 0.25) is 15.9 Å². The van der Waals surface area contributed by atoms with Gasteiger partial charge in [0, 0.05) is 5.02 Å². The van der Waals surface area contributed by atoms with Gasteiger partial charge in [-0.1, -0.05) is 30.7 Å². The van der Waals surface area contributed by atoms with Crippen molar-refractivity contribution in [2.45, 2.75) is 33.2 Å². The first-order valence-corrected chi connectivity index (χ1v) is 11.5. The summed E-state index contributed by atoms with van der Waals surface area (Å²) >= 11 is 5.98. The second-order valence-corrected chi connectivity index (χ2v) is 9.30. The molecular weight excluding hydrogens is 412 g/mol. The summed E-state index contributed by atoms with van der Waals surface area (Å²) in [4.78, 5) is 12.7. The van der Waals surface area contributed by atoms with Gasteiger partial charge >= 0.3 is 0 Å². The molecule has 8 heteroatoms. The molecule has 6 nitrogen and oxygen atoms in total. The molecule has 0 aliphatic carbocycles. The van der Waals surface area contributed by atoms with Crippen LogP contribution in [0, 0.1) is 13.8 Å². The molecule has 0 unspecified atom stereocenters. The Bertz CT molecular complexity index is 992. The number of rotatable bonds is 8. The summed E-state index contributed by atoms with van der Waals surface area (Å²) < 4.78 is 31.1. The van der Waals surface area contributed by atoms with Crippen LogP contribution in [-0.4, -0.2) is 34.2 Å². The molecule has 2 aromatic rings. The van der Waals surface area contributed by atoms with E-state index in [0.29, 0.717) is 22.7 Å². The van der Waals surface area contributed by atoms with E-state index >= 15 is 0 Å². The largest absolute Gasteiger partial charge is 0.496 e. The van der Waals surface area contributed by atoms with E-state index < -0.39 is 10.0 Å².